The zero-order chi connectivity index (χ0) is 25.9. The second-order valence-electron chi connectivity index (χ2n) is 7.34. The summed E-state index contributed by atoms with van der Waals surface area (Å²) < 4.78 is 72.7. The summed E-state index contributed by atoms with van der Waals surface area (Å²) >= 11 is 0. The fourth-order valence-corrected chi connectivity index (χ4v) is 3.47. The Morgan fingerprint density at radius 1 is 1.14 bits per heavy atom. The van der Waals surface area contributed by atoms with E-state index in [9.17, 15) is 22.6 Å². The van der Waals surface area contributed by atoms with Crippen molar-refractivity contribution < 1.29 is 45.5 Å². The van der Waals surface area contributed by atoms with Gasteiger partial charge in [0.25, 0.3) is 17.6 Å². The first kappa shape index (κ1) is 25.3. The number of nitrogen functional groups attached to an aromatic ring is 1. The monoisotopic (exact) mass is 523 g/mol. The van der Waals surface area contributed by atoms with Gasteiger partial charge < -0.3 is 14.2 Å². The predicted molar refractivity (Wildman–Crippen MR) is 118 cm³/mol. The van der Waals surface area contributed by atoms with E-state index in [0.717, 1.165) is 12.7 Å². The van der Waals surface area contributed by atoms with Gasteiger partial charge in [-0.1, -0.05) is 17.3 Å². The number of anilines is 1. The molecule has 1 aromatic carbocycles. The molecule has 4 aromatic rings. The minimum absolute atomic E-state index is 0.168. The molecule has 0 saturated heterocycles. The summed E-state index contributed by atoms with van der Waals surface area (Å²) in [5.74, 6) is -3.97. The van der Waals surface area contributed by atoms with E-state index >= 15 is 0 Å². The van der Waals surface area contributed by atoms with E-state index in [1.54, 1.807) is 36.5 Å². The molecule has 188 valence electrons. The van der Waals surface area contributed by atoms with Crippen LogP contribution in [0.1, 0.15) is 11.3 Å². The maximum Gasteiger partial charge on any atom is 0.475 e. The Morgan fingerprint density at radius 2 is 1.89 bits per heavy atom. The van der Waals surface area contributed by atoms with Crippen LogP contribution in [0.3, 0.4) is 0 Å². The van der Waals surface area contributed by atoms with Gasteiger partial charge in [0.05, 0.1) is 11.9 Å². The van der Waals surface area contributed by atoms with Crippen molar-refractivity contribution in [2.75, 3.05) is 12.8 Å². The quantitative estimate of drug-likeness (QED) is 0.189. The summed E-state index contributed by atoms with van der Waals surface area (Å²) in [5, 5.41) is 4.03. The van der Waals surface area contributed by atoms with Crippen LogP contribution in [0, 0.1) is 17.6 Å². The Kier molecular flexibility index (Phi) is 7.36. The minimum atomic E-state index is -4.19. The number of ether oxygens (including phenoxy) is 1. The summed E-state index contributed by atoms with van der Waals surface area (Å²) in [6.45, 7) is -0.333. The smallest absolute Gasteiger partial charge is 0.436 e. The highest BCUT2D eigenvalue weighted by Gasteiger charge is 2.23. The van der Waals surface area contributed by atoms with Gasteiger partial charge in [-0.25, -0.2) is 22.4 Å². The molecule has 0 fully saturated rings. The molecule has 0 radical (unpaired) electrons. The van der Waals surface area contributed by atoms with E-state index in [4.69, 9.17) is 19.5 Å². The molecule has 3 heterocycles. The number of phosphoric acid groups is 1. The number of rotatable bonds is 9. The van der Waals surface area contributed by atoms with Gasteiger partial charge in [0.2, 0.25) is 6.73 Å². The number of benzene rings is 1. The van der Waals surface area contributed by atoms with Crippen LogP contribution in [0.4, 0.5) is 19.0 Å². The summed E-state index contributed by atoms with van der Waals surface area (Å²) in [6.07, 6.45) is 1.91. The Hall–Kier alpha value is -3.77. The highest BCUT2D eigenvalue weighted by atomic mass is 31.2. The van der Waals surface area contributed by atoms with Gasteiger partial charge >= 0.3 is 7.82 Å². The first-order valence-electron chi connectivity index (χ1n) is 10.2. The molecule has 0 spiro atoms. The molecule has 10 nitrogen and oxygen atoms in total. The van der Waals surface area contributed by atoms with Crippen LogP contribution < -0.4 is 15.0 Å². The fraction of sp³-hybridized carbons (Fsp3) is 0.136. The number of hydrogen-bond acceptors (Lipinski definition) is 8. The highest BCUT2D eigenvalue weighted by molar-refractivity contribution is 7.47. The van der Waals surface area contributed by atoms with Crippen molar-refractivity contribution >= 4 is 13.6 Å². The van der Waals surface area contributed by atoms with Crippen molar-refractivity contribution in [3.8, 4) is 23.0 Å². The topological polar surface area (TPSA) is 134 Å². The zero-order valence-corrected chi connectivity index (χ0v) is 19.5. The van der Waals surface area contributed by atoms with Crippen LogP contribution in [0.25, 0.3) is 11.3 Å². The predicted octanol–water partition coefficient (Wildman–Crippen LogP) is 4.13. The lowest BCUT2D eigenvalue weighted by Crippen LogP contribution is -2.38. The first-order valence-corrected chi connectivity index (χ1v) is 11.7. The van der Waals surface area contributed by atoms with Crippen LogP contribution in [-0.4, -0.2) is 22.1 Å². The van der Waals surface area contributed by atoms with Crippen molar-refractivity contribution in [2.45, 2.75) is 13.2 Å². The number of hydrogen-bond donors (Lipinski definition) is 2. The van der Waals surface area contributed by atoms with Gasteiger partial charge in [-0.15, -0.1) is 0 Å². The third kappa shape index (κ3) is 5.89. The maximum atomic E-state index is 13.7. The number of nitrogens with two attached hydrogens (primary N) is 1. The molecule has 0 aliphatic rings. The second kappa shape index (κ2) is 10.5. The van der Waals surface area contributed by atoms with Crippen LogP contribution >= 0.6 is 7.82 Å². The van der Waals surface area contributed by atoms with Gasteiger partial charge in [0, 0.05) is 25.7 Å². The van der Waals surface area contributed by atoms with Crippen molar-refractivity contribution in [1.82, 2.24) is 10.1 Å². The van der Waals surface area contributed by atoms with Gasteiger partial charge in [-0.05, 0) is 29.8 Å². The van der Waals surface area contributed by atoms with Crippen LogP contribution in [0.15, 0.2) is 59.3 Å². The third-order valence-electron chi connectivity index (χ3n) is 4.91. The zero-order valence-electron chi connectivity index (χ0n) is 18.6. The average molecular weight is 523 g/mol. The second-order valence-corrected chi connectivity index (χ2v) is 8.90. The Bertz CT molecular complexity index is 1430. The molecular weight excluding hydrogens is 504 g/mol. The van der Waals surface area contributed by atoms with Crippen LogP contribution in [0.2, 0.25) is 0 Å². The van der Waals surface area contributed by atoms with Gasteiger partial charge in [0.15, 0.2) is 17.4 Å². The van der Waals surface area contributed by atoms with Crippen molar-refractivity contribution in [1.29, 1.82) is 0 Å². The van der Waals surface area contributed by atoms with E-state index in [1.807, 2.05) is 0 Å². The van der Waals surface area contributed by atoms with E-state index in [-0.39, 0.29) is 18.3 Å². The lowest BCUT2D eigenvalue weighted by molar-refractivity contribution is -0.711. The summed E-state index contributed by atoms with van der Waals surface area (Å²) in [6, 6.07) is 11.7. The minimum Gasteiger partial charge on any atom is -0.436 e. The number of aromatic nitrogens is 3. The molecule has 4 rings (SSSR count). The summed E-state index contributed by atoms with van der Waals surface area (Å²) in [5.41, 5.74) is 7.99. The molecule has 0 aliphatic heterocycles. The molecule has 0 aliphatic carbocycles. The van der Waals surface area contributed by atoms with Crippen molar-refractivity contribution in [2.24, 2.45) is 0 Å². The largest absolute Gasteiger partial charge is 0.475 e. The molecule has 0 bridgehead atoms. The number of halogens is 3. The third-order valence-corrected chi connectivity index (χ3v) is 5.81. The number of pyridine rings is 2. The maximum absolute atomic E-state index is 13.7. The van der Waals surface area contributed by atoms with Crippen molar-refractivity contribution in [3.05, 3.63) is 83.6 Å². The Labute approximate surface area is 202 Å². The number of phosphoric ester groups is 1. The van der Waals surface area contributed by atoms with Gasteiger partial charge in [0.1, 0.15) is 11.3 Å². The van der Waals surface area contributed by atoms with E-state index in [2.05, 4.69) is 14.7 Å². The standard InChI is InChI=1S/C22H18F3N4O6P/c1-32-36(30,31)33-12-29-8-2-3-16(21(29)26)19-10-14(28-35-19)9-13-4-6-15(7-5-13)34-22-18(24)11-17(23)20(25)27-22/h2-8,10-11,26H,9,12H2,1H3,(H,30,31)/p+1. The molecule has 1 atom stereocenters. The first-order chi connectivity index (χ1) is 17.1. The average Bonchev–Trinajstić information content (AvgIpc) is 3.31. The number of nitrogens with zero attached hydrogens (tertiary/aromatic N) is 3. The lowest BCUT2D eigenvalue weighted by atomic mass is 10.1. The van der Waals surface area contributed by atoms with E-state index in [1.165, 1.54) is 16.7 Å². The van der Waals surface area contributed by atoms with Gasteiger partial charge in [-0.3, -0.25) is 10.3 Å². The molecule has 36 heavy (non-hydrogen) atoms. The SMILES string of the molecule is COP(=O)(O)OC[n+]1cccc(-c2cc(Cc3ccc(Oc4nc(F)c(F)cc4F)cc3)no2)c1N. The van der Waals surface area contributed by atoms with Gasteiger partial charge in [-0.2, -0.15) is 9.37 Å². The molecule has 0 saturated carbocycles. The fourth-order valence-electron chi connectivity index (χ4n) is 3.09. The molecule has 14 heteroatoms. The summed E-state index contributed by atoms with van der Waals surface area (Å²) in [4.78, 5) is 12.5. The molecule has 0 amide bonds. The normalized spacial score (nSPS) is 12.9. The van der Waals surface area contributed by atoms with Crippen molar-refractivity contribution in [3.63, 3.8) is 0 Å². The van der Waals surface area contributed by atoms with E-state index in [0.29, 0.717) is 29.5 Å². The Balaban J connectivity index is 1.44. The summed E-state index contributed by atoms with van der Waals surface area (Å²) in [7, 11) is -3.14. The Morgan fingerprint density at radius 3 is 2.61 bits per heavy atom. The highest BCUT2D eigenvalue weighted by Crippen LogP contribution is 2.41. The molecule has 3 N–H and O–H groups in total. The molecular formula is C22H19F3N4O6P+. The van der Waals surface area contributed by atoms with Crippen LogP contribution in [0.5, 0.6) is 11.6 Å². The molecule has 1 unspecified atom stereocenters. The lowest BCUT2D eigenvalue weighted by Gasteiger charge is -2.09. The van der Waals surface area contributed by atoms with Crippen LogP contribution in [-0.2, 0) is 26.8 Å². The molecule has 3 aromatic heterocycles. The van der Waals surface area contributed by atoms with E-state index < -0.39 is 31.3 Å².